The number of anilines is 1. The number of carbonyl (C=O) groups is 1. The van der Waals surface area contributed by atoms with E-state index < -0.39 is 17.5 Å². The summed E-state index contributed by atoms with van der Waals surface area (Å²) < 4.78 is 26.9. The zero-order valence-electron chi connectivity index (χ0n) is 11.4. The van der Waals surface area contributed by atoms with Crippen LogP contribution in [0.1, 0.15) is 13.3 Å². The molecular formula is C14H19F2N3O. The van der Waals surface area contributed by atoms with Crippen LogP contribution in [0.15, 0.2) is 18.2 Å². The third kappa shape index (κ3) is 3.32. The van der Waals surface area contributed by atoms with Gasteiger partial charge >= 0.3 is 0 Å². The van der Waals surface area contributed by atoms with Crippen LogP contribution >= 0.6 is 0 Å². The first kappa shape index (κ1) is 14.9. The van der Waals surface area contributed by atoms with Crippen molar-refractivity contribution in [2.75, 3.05) is 25.0 Å². The Balaban J connectivity index is 1.96. The lowest BCUT2D eigenvalue weighted by Gasteiger charge is -2.20. The van der Waals surface area contributed by atoms with Crippen molar-refractivity contribution in [1.29, 1.82) is 0 Å². The van der Waals surface area contributed by atoms with Gasteiger partial charge in [-0.25, -0.2) is 8.78 Å². The van der Waals surface area contributed by atoms with Crippen molar-refractivity contribution in [2.24, 2.45) is 11.7 Å². The van der Waals surface area contributed by atoms with Crippen molar-refractivity contribution in [3.8, 4) is 0 Å². The molecule has 2 unspecified atom stereocenters. The van der Waals surface area contributed by atoms with Gasteiger partial charge in [0, 0.05) is 12.6 Å². The molecule has 20 heavy (non-hydrogen) atoms. The standard InChI is InChI=1S/C14H19F2N3O/c1-9-5-10(6-17)7-19(9)8-13(20)18-14-11(15)3-2-4-12(14)16/h2-4,9-10H,5-8,17H2,1H3,(H,18,20). The van der Waals surface area contributed by atoms with E-state index in [1.54, 1.807) is 0 Å². The Morgan fingerprint density at radius 1 is 1.45 bits per heavy atom. The van der Waals surface area contributed by atoms with E-state index in [0.717, 1.165) is 25.1 Å². The molecule has 4 nitrogen and oxygen atoms in total. The molecule has 1 aromatic rings. The number of amides is 1. The number of hydrogen-bond acceptors (Lipinski definition) is 3. The predicted molar refractivity (Wildman–Crippen MR) is 73.2 cm³/mol. The second kappa shape index (κ2) is 6.28. The van der Waals surface area contributed by atoms with Gasteiger partial charge in [0.15, 0.2) is 0 Å². The minimum absolute atomic E-state index is 0.117. The van der Waals surface area contributed by atoms with Crippen molar-refractivity contribution < 1.29 is 13.6 Å². The van der Waals surface area contributed by atoms with Gasteiger partial charge in [0.1, 0.15) is 17.3 Å². The topological polar surface area (TPSA) is 58.4 Å². The molecule has 1 aliphatic rings. The number of nitrogens with zero attached hydrogens (tertiary/aromatic N) is 1. The zero-order valence-corrected chi connectivity index (χ0v) is 11.4. The predicted octanol–water partition coefficient (Wildman–Crippen LogP) is 1.57. The van der Waals surface area contributed by atoms with Crippen LogP contribution in [0.25, 0.3) is 0 Å². The lowest BCUT2D eigenvalue weighted by molar-refractivity contribution is -0.117. The maximum Gasteiger partial charge on any atom is 0.238 e. The van der Waals surface area contributed by atoms with E-state index in [2.05, 4.69) is 5.32 Å². The minimum Gasteiger partial charge on any atom is -0.330 e. The highest BCUT2D eigenvalue weighted by Crippen LogP contribution is 2.22. The van der Waals surface area contributed by atoms with Gasteiger partial charge in [-0.3, -0.25) is 9.69 Å². The van der Waals surface area contributed by atoms with Gasteiger partial charge in [-0.1, -0.05) is 6.07 Å². The average molecular weight is 283 g/mol. The van der Waals surface area contributed by atoms with Crippen LogP contribution in [-0.4, -0.2) is 36.5 Å². The summed E-state index contributed by atoms with van der Waals surface area (Å²) in [6.45, 7) is 3.47. The van der Waals surface area contributed by atoms with Gasteiger partial charge in [-0.2, -0.15) is 0 Å². The molecule has 1 saturated heterocycles. The van der Waals surface area contributed by atoms with Gasteiger partial charge < -0.3 is 11.1 Å². The molecule has 1 aliphatic heterocycles. The number of nitrogens with two attached hydrogens (primary N) is 1. The molecule has 0 aliphatic carbocycles. The van der Waals surface area contributed by atoms with Crippen LogP contribution in [0, 0.1) is 17.6 Å². The molecule has 3 N–H and O–H groups in total. The molecule has 1 aromatic carbocycles. The van der Waals surface area contributed by atoms with Gasteiger partial charge in [0.25, 0.3) is 0 Å². The molecule has 2 atom stereocenters. The third-order valence-corrected chi connectivity index (χ3v) is 3.70. The Morgan fingerprint density at radius 3 is 2.65 bits per heavy atom. The Bertz CT molecular complexity index is 475. The molecule has 0 spiro atoms. The summed E-state index contributed by atoms with van der Waals surface area (Å²) in [5.74, 6) is -1.58. The molecule has 0 bridgehead atoms. The Kier molecular flexibility index (Phi) is 4.67. The number of likely N-dealkylation sites (tertiary alicyclic amines) is 1. The van der Waals surface area contributed by atoms with E-state index in [1.165, 1.54) is 6.07 Å². The Hall–Kier alpha value is -1.53. The molecule has 1 fully saturated rings. The number of benzene rings is 1. The zero-order chi connectivity index (χ0) is 14.7. The SMILES string of the molecule is CC1CC(CN)CN1CC(=O)Nc1c(F)cccc1F. The monoisotopic (exact) mass is 283 g/mol. The number of hydrogen-bond donors (Lipinski definition) is 2. The van der Waals surface area contributed by atoms with Crippen LogP contribution in [0.3, 0.4) is 0 Å². The van der Waals surface area contributed by atoms with E-state index in [-0.39, 0.29) is 18.3 Å². The summed E-state index contributed by atoms with van der Waals surface area (Å²) in [6.07, 6.45) is 0.942. The molecule has 110 valence electrons. The quantitative estimate of drug-likeness (QED) is 0.882. The van der Waals surface area contributed by atoms with Crippen LogP contribution < -0.4 is 11.1 Å². The molecule has 0 radical (unpaired) electrons. The number of carbonyl (C=O) groups excluding carboxylic acids is 1. The van der Waals surface area contributed by atoms with E-state index in [0.29, 0.717) is 12.5 Å². The van der Waals surface area contributed by atoms with Crippen molar-refractivity contribution >= 4 is 11.6 Å². The lowest BCUT2D eigenvalue weighted by Crippen LogP contribution is -2.36. The number of para-hydroxylation sites is 1. The molecule has 1 amide bonds. The number of halogens is 2. The van der Waals surface area contributed by atoms with Gasteiger partial charge in [-0.15, -0.1) is 0 Å². The summed E-state index contributed by atoms with van der Waals surface area (Å²) in [5, 5.41) is 2.30. The van der Waals surface area contributed by atoms with Crippen molar-refractivity contribution in [2.45, 2.75) is 19.4 Å². The van der Waals surface area contributed by atoms with E-state index >= 15 is 0 Å². The Labute approximate surface area is 116 Å². The van der Waals surface area contributed by atoms with Crippen LogP contribution in [0.4, 0.5) is 14.5 Å². The highest BCUT2D eigenvalue weighted by atomic mass is 19.1. The summed E-state index contributed by atoms with van der Waals surface area (Å²) in [7, 11) is 0. The van der Waals surface area contributed by atoms with Crippen LogP contribution in [-0.2, 0) is 4.79 Å². The highest BCUT2D eigenvalue weighted by molar-refractivity contribution is 5.92. The van der Waals surface area contributed by atoms with Crippen LogP contribution in [0.2, 0.25) is 0 Å². The van der Waals surface area contributed by atoms with Crippen molar-refractivity contribution in [3.05, 3.63) is 29.8 Å². The largest absolute Gasteiger partial charge is 0.330 e. The van der Waals surface area contributed by atoms with Crippen molar-refractivity contribution in [3.63, 3.8) is 0 Å². The fourth-order valence-electron chi connectivity index (χ4n) is 2.59. The van der Waals surface area contributed by atoms with Crippen LogP contribution in [0.5, 0.6) is 0 Å². The average Bonchev–Trinajstić information content (AvgIpc) is 2.75. The van der Waals surface area contributed by atoms with Crippen molar-refractivity contribution in [1.82, 2.24) is 4.90 Å². The molecule has 0 saturated carbocycles. The van der Waals surface area contributed by atoms with E-state index in [4.69, 9.17) is 5.73 Å². The molecule has 6 heteroatoms. The normalized spacial score (nSPS) is 23.0. The molecular weight excluding hydrogens is 264 g/mol. The van der Waals surface area contributed by atoms with Gasteiger partial charge in [0.2, 0.25) is 5.91 Å². The summed E-state index contributed by atoms with van der Waals surface area (Å²) in [5.41, 5.74) is 5.24. The fourth-order valence-corrected chi connectivity index (χ4v) is 2.59. The summed E-state index contributed by atoms with van der Waals surface area (Å²) in [6, 6.07) is 3.73. The first-order chi connectivity index (χ1) is 9.51. The Morgan fingerprint density at radius 2 is 2.10 bits per heavy atom. The molecule has 0 aromatic heterocycles. The fraction of sp³-hybridized carbons (Fsp3) is 0.500. The second-order valence-corrected chi connectivity index (χ2v) is 5.26. The minimum atomic E-state index is -0.771. The molecule has 2 rings (SSSR count). The van der Waals surface area contributed by atoms with Gasteiger partial charge in [-0.05, 0) is 37.9 Å². The second-order valence-electron chi connectivity index (χ2n) is 5.26. The van der Waals surface area contributed by atoms with E-state index in [1.807, 2.05) is 11.8 Å². The first-order valence-corrected chi connectivity index (χ1v) is 6.69. The number of rotatable bonds is 4. The maximum absolute atomic E-state index is 13.4. The third-order valence-electron chi connectivity index (χ3n) is 3.70. The summed E-state index contributed by atoms with van der Waals surface area (Å²) >= 11 is 0. The summed E-state index contributed by atoms with van der Waals surface area (Å²) in [4.78, 5) is 13.9. The first-order valence-electron chi connectivity index (χ1n) is 6.69. The maximum atomic E-state index is 13.4. The molecule has 1 heterocycles. The lowest BCUT2D eigenvalue weighted by atomic mass is 10.1. The number of nitrogens with one attached hydrogen (secondary N) is 1. The highest BCUT2D eigenvalue weighted by Gasteiger charge is 2.29. The smallest absolute Gasteiger partial charge is 0.238 e. The van der Waals surface area contributed by atoms with Gasteiger partial charge in [0.05, 0.1) is 6.54 Å². The van der Waals surface area contributed by atoms with E-state index in [9.17, 15) is 13.6 Å².